The number of benzene rings is 3. The van der Waals surface area contributed by atoms with Crippen molar-refractivity contribution >= 4 is 29.5 Å². The Morgan fingerprint density at radius 1 is 0.891 bits per heavy atom. The van der Waals surface area contributed by atoms with Crippen molar-refractivity contribution in [2.24, 2.45) is 0 Å². The molecule has 46 heavy (non-hydrogen) atoms. The first-order valence-corrected chi connectivity index (χ1v) is 15.2. The Morgan fingerprint density at radius 3 is 2.26 bits per heavy atom. The van der Waals surface area contributed by atoms with Crippen LogP contribution in [0.15, 0.2) is 72.9 Å². The average Bonchev–Trinajstić information content (AvgIpc) is 3.07. The largest absolute Gasteiger partial charge is 0.497 e. The number of amides is 2. The molecule has 0 aliphatic heterocycles. The highest BCUT2D eigenvalue weighted by Gasteiger charge is 2.24. The fourth-order valence-electron chi connectivity index (χ4n) is 4.88. The molecule has 0 spiro atoms. The van der Waals surface area contributed by atoms with Crippen LogP contribution in [0.1, 0.15) is 40.9 Å². The molecule has 0 saturated heterocycles. The van der Waals surface area contributed by atoms with Crippen LogP contribution in [0.5, 0.6) is 17.2 Å². The van der Waals surface area contributed by atoms with E-state index >= 15 is 0 Å². The fraction of sp³-hybridized carbons (Fsp3) is 0.314. The number of para-hydroxylation sites is 1. The Balaban J connectivity index is 1.56. The van der Waals surface area contributed by atoms with Crippen molar-refractivity contribution in [1.29, 1.82) is 0 Å². The van der Waals surface area contributed by atoms with E-state index in [1.54, 1.807) is 68.9 Å². The minimum Gasteiger partial charge on any atom is -0.497 e. The van der Waals surface area contributed by atoms with Gasteiger partial charge < -0.3 is 29.7 Å². The van der Waals surface area contributed by atoms with Crippen LogP contribution in [0, 0.1) is 13.8 Å². The molecule has 0 saturated carbocycles. The number of anilines is 3. The number of nitrogens with one attached hydrogen (secondary N) is 2. The highest BCUT2D eigenvalue weighted by molar-refractivity contribution is 5.94. The summed E-state index contributed by atoms with van der Waals surface area (Å²) in [6.07, 6.45) is 0.938. The summed E-state index contributed by atoms with van der Waals surface area (Å²) in [5, 5.41) is 6.13. The Kier molecular flexibility index (Phi) is 11.9. The Hall–Kier alpha value is -5.16. The van der Waals surface area contributed by atoms with Crippen molar-refractivity contribution in [3.8, 4) is 17.2 Å². The number of carbonyl (C=O) groups is 2. The van der Waals surface area contributed by atoms with Gasteiger partial charge in [0.1, 0.15) is 23.1 Å². The molecule has 0 aliphatic rings. The molecular formula is C35H42N6O5. The molecule has 0 radical (unpaired) electrons. The lowest BCUT2D eigenvalue weighted by atomic mass is 10.1. The topological polar surface area (TPSA) is 118 Å². The molecule has 0 aliphatic carbocycles. The van der Waals surface area contributed by atoms with E-state index in [1.165, 1.54) is 4.90 Å². The molecule has 4 rings (SSSR count). The van der Waals surface area contributed by atoms with Gasteiger partial charge in [0.2, 0.25) is 5.95 Å². The van der Waals surface area contributed by atoms with Crippen LogP contribution in [0.2, 0.25) is 0 Å². The van der Waals surface area contributed by atoms with Crippen molar-refractivity contribution in [1.82, 2.24) is 20.2 Å². The summed E-state index contributed by atoms with van der Waals surface area (Å²) in [6.45, 7) is 11.3. The molecule has 11 nitrogen and oxygen atoms in total. The Bertz CT molecular complexity index is 1600. The van der Waals surface area contributed by atoms with Crippen molar-refractivity contribution < 1.29 is 23.8 Å². The fourth-order valence-corrected chi connectivity index (χ4v) is 4.88. The quantitative estimate of drug-likeness (QED) is 0.170. The molecule has 4 aromatic rings. The maximum absolute atomic E-state index is 13.8. The molecule has 1 aromatic heterocycles. The van der Waals surface area contributed by atoms with Crippen molar-refractivity contribution in [3.63, 3.8) is 0 Å². The highest BCUT2D eigenvalue weighted by Crippen LogP contribution is 2.29. The molecule has 0 atom stereocenters. The van der Waals surface area contributed by atoms with Crippen LogP contribution in [0.3, 0.4) is 0 Å². The minimum absolute atomic E-state index is 0.0820. The summed E-state index contributed by atoms with van der Waals surface area (Å²) in [5.74, 6) is 2.11. The second kappa shape index (κ2) is 16.2. The molecule has 2 amide bonds. The molecule has 1 heterocycles. The number of carbonyl (C=O) groups excluding carboxylic acids is 2. The second-order valence-electron chi connectivity index (χ2n) is 10.6. The first kappa shape index (κ1) is 33.7. The minimum atomic E-state index is -0.622. The van der Waals surface area contributed by atoms with E-state index in [-0.39, 0.29) is 18.4 Å². The van der Waals surface area contributed by atoms with E-state index in [9.17, 15) is 9.59 Å². The standard InChI is InChI=1S/C35H42N6O5/c1-7-40(8-2)21-20-36-33(42)26-12-14-28(15-13-26)38-34-37-19-18-31(39-34)41(23-27-22-29(44-5)16-17-30(27)45-6)35(43)46-32-24(3)10-9-11-25(32)4/h9-19,22H,7-8,20-21,23H2,1-6H3,(H,36,42)(H,37,38,39). The van der Waals surface area contributed by atoms with E-state index in [4.69, 9.17) is 14.2 Å². The van der Waals surface area contributed by atoms with Gasteiger partial charge in [-0.3, -0.25) is 9.69 Å². The molecule has 242 valence electrons. The van der Waals surface area contributed by atoms with Crippen LogP contribution in [0.25, 0.3) is 0 Å². The van der Waals surface area contributed by atoms with Gasteiger partial charge in [-0.15, -0.1) is 0 Å². The van der Waals surface area contributed by atoms with Crippen LogP contribution in [-0.2, 0) is 6.54 Å². The number of ether oxygens (including phenoxy) is 3. The van der Waals surface area contributed by atoms with Crippen molar-refractivity contribution in [2.75, 3.05) is 50.6 Å². The molecule has 3 aromatic carbocycles. The lowest BCUT2D eigenvalue weighted by molar-refractivity contribution is 0.0949. The van der Waals surface area contributed by atoms with Gasteiger partial charge >= 0.3 is 6.09 Å². The summed E-state index contributed by atoms with van der Waals surface area (Å²) in [7, 11) is 3.14. The van der Waals surface area contributed by atoms with E-state index in [0.29, 0.717) is 46.4 Å². The number of methoxy groups -OCH3 is 2. The summed E-state index contributed by atoms with van der Waals surface area (Å²) in [4.78, 5) is 39.1. The lowest BCUT2D eigenvalue weighted by Crippen LogP contribution is -2.34. The van der Waals surface area contributed by atoms with Gasteiger partial charge in [0.15, 0.2) is 0 Å². The molecule has 0 fully saturated rings. The lowest BCUT2D eigenvalue weighted by Gasteiger charge is -2.23. The van der Waals surface area contributed by atoms with Crippen LogP contribution < -0.4 is 29.7 Å². The van der Waals surface area contributed by atoms with E-state index in [2.05, 4.69) is 39.3 Å². The predicted molar refractivity (Wildman–Crippen MR) is 180 cm³/mol. The average molecular weight is 627 g/mol. The predicted octanol–water partition coefficient (Wildman–Crippen LogP) is 6.13. The summed E-state index contributed by atoms with van der Waals surface area (Å²) in [6, 6.07) is 19.7. The zero-order chi connectivity index (χ0) is 33.1. The van der Waals surface area contributed by atoms with Crippen LogP contribution in [-0.4, -0.2) is 67.3 Å². The number of aryl methyl sites for hydroxylation is 2. The molecule has 2 N–H and O–H groups in total. The number of hydrogen-bond acceptors (Lipinski definition) is 9. The van der Waals surface area contributed by atoms with Gasteiger partial charge in [-0.2, -0.15) is 4.98 Å². The van der Waals surface area contributed by atoms with Gasteiger partial charge in [0, 0.05) is 36.1 Å². The number of hydrogen-bond donors (Lipinski definition) is 2. The van der Waals surface area contributed by atoms with E-state index in [1.807, 2.05) is 32.0 Å². The number of likely N-dealkylation sites (N-methyl/N-ethyl adjacent to an activating group) is 1. The zero-order valence-electron chi connectivity index (χ0n) is 27.3. The van der Waals surface area contributed by atoms with Crippen molar-refractivity contribution in [2.45, 2.75) is 34.2 Å². The molecule has 0 unspecified atom stereocenters. The summed E-state index contributed by atoms with van der Waals surface area (Å²) in [5.41, 5.74) is 3.58. The summed E-state index contributed by atoms with van der Waals surface area (Å²) < 4.78 is 16.9. The second-order valence-corrected chi connectivity index (χ2v) is 10.6. The third-order valence-electron chi connectivity index (χ3n) is 7.56. The SMILES string of the molecule is CCN(CC)CCNC(=O)c1ccc(Nc2nccc(N(Cc3cc(OC)ccc3OC)C(=O)Oc3c(C)cccc3C)n2)cc1. The van der Waals surface area contributed by atoms with E-state index < -0.39 is 6.09 Å². The maximum atomic E-state index is 13.8. The number of aromatic nitrogens is 2. The smallest absolute Gasteiger partial charge is 0.421 e. The summed E-state index contributed by atoms with van der Waals surface area (Å²) >= 11 is 0. The third-order valence-corrected chi connectivity index (χ3v) is 7.56. The van der Waals surface area contributed by atoms with E-state index in [0.717, 1.165) is 30.8 Å². The molecule has 0 bridgehead atoms. The Morgan fingerprint density at radius 2 is 1.61 bits per heavy atom. The first-order chi connectivity index (χ1) is 22.3. The number of nitrogens with zero attached hydrogens (tertiary/aromatic N) is 4. The first-order valence-electron chi connectivity index (χ1n) is 15.2. The van der Waals surface area contributed by atoms with Gasteiger partial charge in [0.05, 0.1) is 20.8 Å². The van der Waals surface area contributed by atoms with Gasteiger partial charge in [0.25, 0.3) is 5.91 Å². The monoisotopic (exact) mass is 626 g/mol. The van der Waals surface area contributed by atoms with Crippen LogP contribution >= 0.6 is 0 Å². The van der Waals surface area contributed by atoms with Gasteiger partial charge in [-0.05, 0) is 86.6 Å². The molecular weight excluding hydrogens is 584 g/mol. The van der Waals surface area contributed by atoms with Gasteiger partial charge in [-0.1, -0.05) is 32.0 Å². The van der Waals surface area contributed by atoms with Gasteiger partial charge in [-0.25, -0.2) is 9.78 Å². The molecule has 11 heteroatoms. The number of rotatable bonds is 14. The maximum Gasteiger partial charge on any atom is 0.421 e. The van der Waals surface area contributed by atoms with Crippen molar-refractivity contribution in [3.05, 3.63) is 95.2 Å². The normalized spacial score (nSPS) is 10.8. The third kappa shape index (κ3) is 8.72. The highest BCUT2D eigenvalue weighted by atomic mass is 16.6. The van der Waals surface area contributed by atoms with Crippen LogP contribution in [0.4, 0.5) is 22.2 Å². The Labute approximate surface area is 270 Å². The zero-order valence-corrected chi connectivity index (χ0v) is 27.3.